The molecule has 2 rings (SSSR count). The average Bonchev–Trinajstić information content (AvgIpc) is 2.59. The first kappa shape index (κ1) is 17.3. The number of carboxylic acid groups (broad SMARTS) is 1. The van der Waals surface area contributed by atoms with E-state index in [2.05, 4.69) is 0 Å². The van der Waals surface area contributed by atoms with Crippen LogP contribution in [0.5, 0.6) is 5.75 Å². The Morgan fingerprint density at radius 2 is 2.17 bits per heavy atom. The molecule has 1 aliphatic rings. The summed E-state index contributed by atoms with van der Waals surface area (Å²) in [5.74, 6) is -0.481. The number of methoxy groups -OCH3 is 1. The molecule has 0 radical (unpaired) electrons. The van der Waals surface area contributed by atoms with Gasteiger partial charge in [0.1, 0.15) is 17.9 Å². The summed E-state index contributed by atoms with van der Waals surface area (Å²) in [5.41, 5.74) is 0.900. The number of piperidine rings is 1. The van der Waals surface area contributed by atoms with E-state index in [1.54, 1.807) is 14.0 Å². The molecule has 1 amide bonds. The zero-order valence-corrected chi connectivity index (χ0v) is 13.5. The third-order valence-corrected chi connectivity index (χ3v) is 4.05. The summed E-state index contributed by atoms with van der Waals surface area (Å²) in [7, 11) is 1.59. The highest BCUT2D eigenvalue weighted by Crippen LogP contribution is 2.20. The quantitative estimate of drug-likeness (QED) is 0.868. The van der Waals surface area contributed by atoms with Gasteiger partial charge in [-0.25, -0.2) is 4.79 Å². The molecule has 0 bridgehead atoms. The Labute approximate surface area is 136 Å². The lowest BCUT2D eigenvalue weighted by Gasteiger charge is -2.34. The number of benzene rings is 1. The van der Waals surface area contributed by atoms with Crippen LogP contribution >= 0.6 is 0 Å². The zero-order valence-electron chi connectivity index (χ0n) is 13.5. The van der Waals surface area contributed by atoms with Gasteiger partial charge in [-0.1, -0.05) is 12.1 Å². The van der Waals surface area contributed by atoms with Crippen molar-refractivity contribution in [3.05, 3.63) is 29.8 Å². The maximum absolute atomic E-state index is 12.5. The van der Waals surface area contributed by atoms with E-state index in [-0.39, 0.29) is 12.5 Å². The van der Waals surface area contributed by atoms with Gasteiger partial charge < -0.3 is 19.5 Å². The monoisotopic (exact) mass is 321 g/mol. The second kappa shape index (κ2) is 7.97. The van der Waals surface area contributed by atoms with E-state index in [1.807, 2.05) is 24.3 Å². The standard InChI is InChI=1S/C17H23NO5/c1-12(23-11-13-6-5-7-14(10-13)22-2)16(19)18-9-4-3-8-15(18)17(20)21/h5-7,10,12,15H,3-4,8-9,11H2,1-2H3,(H,20,21)/t12-,15-/m0/s1. The molecule has 1 fully saturated rings. The molecule has 1 aromatic carbocycles. The molecule has 0 aromatic heterocycles. The Balaban J connectivity index is 1.94. The fourth-order valence-corrected chi connectivity index (χ4v) is 2.74. The van der Waals surface area contributed by atoms with Crippen molar-refractivity contribution in [2.75, 3.05) is 13.7 Å². The molecule has 23 heavy (non-hydrogen) atoms. The number of carbonyl (C=O) groups is 2. The minimum Gasteiger partial charge on any atom is -0.497 e. The first-order valence-corrected chi connectivity index (χ1v) is 7.80. The first-order valence-electron chi connectivity index (χ1n) is 7.80. The van der Waals surface area contributed by atoms with Crippen molar-refractivity contribution >= 4 is 11.9 Å². The lowest BCUT2D eigenvalue weighted by Crippen LogP contribution is -2.51. The van der Waals surface area contributed by atoms with Crippen LogP contribution in [0.3, 0.4) is 0 Å². The van der Waals surface area contributed by atoms with E-state index in [0.29, 0.717) is 13.0 Å². The predicted molar refractivity (Wildman–Crippen MR) is 84.2 cm³/mol. The summed E-state index contributed by atoms with van der Waals surface area (Å²) in [5, 5.41) is 9.26. The SMILES string of the molecule is COc1cccc(CO[C@@H](C)C(=O)N2CCCC[C@H]2C(=O)O)c1. The summed E-state index contributed by atoms with van der Waals surface area (Å²) >= 11 is 0. The Morgan fingerprint density at radius 1 is 1.39 bits per heavy atom. The zero-order chi connectivity index (χ0) is 16.8. The van der Waals surface area contributed by atoms with E-state index in [0.717, 1.165) is 24.2 Å². The molecule has 0 aliphatic carbocycles. The number of aliphatic carboxylic acids is 1. The number of carboxylic acids is 1. The minimum absolute atomic E-state index is 0.264. The van der Waals surface area contributed by atoms with Gasteiger partial charge in [-0.15, -0.1) is 0 Å². The summed E-state index contributed by atoms with van der Waals surface area (Å²) < 4.78 is 10.8. The van der Waals surface area contributed by atoms with E-state index in [9.17, 15) is 14.7 Å². The van der Waals surface area contributed by atoms with Crippen LogP contribution in [0, 0.1) is 0 Å². The van der Waals surface area contributed by atoms with Gasteiger partial charge >= 0.3 is 5.97 Å². The smallest absolute Gasteiger partial charge is 0.326 e. The number of nitrogens with zero attached hydrogens (tertiary/aromatic N) is 1. The largest absolute Gasteiger partial charge is 0.497 e. The molecular formula is C17H23NO5. The van der Waals surface area contributed by atoms with Crippen molar-refractivity contribution in [3.8, 4) is 5.75 Å². The molecule has 0 unspecified atom stereocenters. The fraction of sp³-hybridized carbons (Fsp3) is 0.529. The summed E-state index contributed by atoms with van der Waals surface area (Å²) in [4.78, 5) is 25.2. The van der Waals surface area contributed by atoms with Gasteiger partial charge in [0.2, 0.25) is 0 Å². The van der Waals surface area contributed by atoms with Gasteiger partial charge in [-0.3, -0.25) is 4.79 Å². The van der Waals surface area contributed by atoms with Gasteiger partial charge in [0.25, 0.3) is 5.91 Å². The van der Waals surface area contributed by atoms with Crippen LogP contribution in [0.4, 0.5) is 0 Å². The van der Waals surface area contributed by atoms with Crippen LogP contribution in [-0.2, 0) is 20.9 Å². The van der Waals surface area contributed by atoms with Crippen molar-refractivity contribution in [3.63, 3.8) is 0 Å². The fourth-order valence-electron chi connectivity index (χ4n) is 2.74. The van der Waals surface area contributed by atoms with E-state index in [1.165, 1.54) is 4.90 Å². The normalized spacial score (nSPS) is 19.2. The van der Waals surface area contributed by atoms with Gasteiger partial charge in [0.05, 0.1) is 13.7 Å². The van der Waals surface area contributed by atoms with Gasteiger partial charge in [-0.2, -0.15) is 0 Å². The number of carbonyl (C=O) groups excluding carboxylic acids is 1. The topological polar surface area (TPSA) is 76.1 Å². The summed E-state index contributed by atoms with van der Waals surface area (Å²) in [6.45, 7) is 2.41. The highest BCUT2D eigenvalue weighted by molar-refractivity contribution is 5.86. The Kier molecular flexibility index (Phi) is 5.98. The van der Waals surface area contributed by atoms with Crippen molar-refractivity contribution < 1.29 is 24.2 Å². The molecule has 6 nitrogen and oxygen atoms in total. The average molecular weight is 321 g/mol. The Bertz CT molecular complexity index is 560. The third-order valence-electron chi connectivity index (χ3n) is 4.05. The molecular weight excluding hydrogens is 298 g/mol. The second-order valence-corrected chi connectivity index (χ2v) is 5.69. The second-order valence-electron chi connectivity index (χ2n) is 5.69. The molecule has 0 spiro atoms. The number of amides is 1. The van der Waals surface area contributed by atoms with Crippen molar-refractivity contribution in [2.45, 2.75) is 44.9 Å². The predicted octanol–water partition coefficient (Wildman–Crippen LogP) is 2.07. The Hall–Kier alpha value is -2.08. The molecule has 1 N–H and O–H groups in total. The molecule has 126 valence electrons. The molecule has 1 aliphatic heterocycles. The van der Waals surface area contributed by atoms with Crippen molar-refractivity contribution in [1.29, 1.82) is 0 Å². The summed E-state index contributed by atoms with van der Waals surface area (Å²) in [6, 6.07) is 6.69. The van der Waals surface area contributed by atoms with Gasteiger partial charge in [-0.05, 0) is 43.9 Å². The van der Waals surface area contributed by atoms with Crippen molar-refractivity contribution in [1.82, 2.24) is 4.90 Å². The van der Waals surface area contributed by atoms with Crippen LogP contribution in [0.2, 0.25) is 0 Å². The maximum atomic E-state index is 12.5. The summed E-state index contributed by atoms with van der Waals surface area (Å²) in [6.07, 6.45) is 1.49. The highest BCUT2D eigenvalue weighted by Gasteiger charge is 2.34. The van der Waals surface area contributed by atoms with Crippen LogP contribution < -0.4 is 4.74 Å². The van der Waals surface area contributed by atoms with E-state index < -0.39 is 18.1 Å². The number of hydrogen-bond donors (Lipinski definition) is 1. The number of hydrogen-bond acceptors (Lipinski definition) is 4. The van der Waals surface area contributed by atoms with Crippen LogP contribution in [0.1, 0.15) is 31.7 Å². The first-order chi connectivity index (χ1) is 11.0. The third kappa shape index (κ3) is 4.45. The molecule has 1 aromatic rings. The molecule has 0 saturated carbocycles. The van der Waals surface area contributed by atoms with Crippen molar-refractivity contribution in [2.24, 2.45) is 0 Å². The molecule has 1 heterocycles. The molecule has 1 saturated heterocycles. The number of likely N-dealkylation sites (tertiary alicyclic amines) is 1. The molecule has 2 atom stereocenters. The minimum atomic E-state index is -0.946. The number of ether oxygens (including phenoxy) is 2. The van der Waals surface area contributed by atoms with Crippen LogP contribution in [0.25, 0.3) is 0 Å². The van der Waals surface area contributed by atoms with Crippen LogP contribution in [0.15, 0.2) is 24.3 Å². The van der Waals surface area contributed by atoms with Gasteiger partial charge in [0, 0.05) is 6.54 Å². The maximum Gasteiger partial charge on any atom is 0.326 e. The molecule has 6 heteroatoms. The number of rotatable bonds is 6. The van der Waals surface area contributed by atoms with Crippen LogP contribution in [-0.4, -0.2) is 47.7 Å². The Morgan fingerprint density at radius 3 is 2.87 bits per heavy atom. The highest BCUT2D eigenvalue weighted by atomic mass is 16.5. The van der Waals surface area contributed by atoms with E-state index >= 15 is 0 Å². The lowest BCUT2D eigenvalue weighted by atomic mass is 10.0. The van der Waals surface area contributed by atoms with Gasteiger partial charge in [0.15, 0.2) is 0 Å². The lowest BCUT2D eigenvalue weighted by molar-refractivity contribution is -0.157. The van der Waals surface area contributed by atoms with E-state index in [4.69, 9.17) is 9.47 Å².